The summed E-state index contributed by atoms with van der Waals surface area (Å²) < 4.78 is 0. The Morgan fingerprint density at radius 1 is 1.04 bits per heavy atom. The summed E-state index contributed by atoms with van der Waals surface area (Å²) in [7, 11) is 2.41. The number of hydrogen-bond acceptors (Lipinski definition) is 1. The standard InChI is InChI=1S/C25H39N/c1-4-7-20-11-10-18(14-19(20)5-2)15-22-8-6-9-25(22)26(3)13-12-21-16-23-17-24(21)23/h10-11,14,21-25H,4-9,12-13,15-17H2,1-3H3. The number of hydrogen-bond donors (Lipinski definition) is 0. The molecule has 4 rings (SSSR count). The van der Waals surface area contributed by atoms with Crippen LogP contribution in [0.5, 0.6) is 0 Å². The second-order valence-electron chi connectivity index (χ2n) is 9.59. The fraction of sp³-hybridized carbons (Fsp3) is 0.760. The van der Waals surface area contributed by atoms with Gasteiger partial charge in [0.25, 0.3) is 0 Å². The summed E-state index contributed by atoms with van der Waals surface area (Å²) in [5.41, 5.74) is 4.76. The van der Waals surface area contributed by atoms with Crippen LogP contribution < -0.4 is 0 Å². The number of fused-ring (bicyclic) bond motifs is 1. The fourth-order valence-electron chi connectivity index (χ4n) is 6.14. The summed E-state index contributed by atoms with van der Waals surface area (Å²) in [6.45, 7) is 5.94. The third kappa shape index (κ3) is 3.88. The Hall–Kier alpha value is -0.820. The zero-order valence-corrected chi connectivity index (χ0v) is 17.3. The predicted molar refractivity (Wildman–Crippen MR) is 112 cm³/mol. The van der Waals surface area contributed by atoms with Crippen LogP contribution in [0, 0.1) is 23.7 Å². The molecule has 3 aliphatic rings. The van der Waals surface area contributed by atoms with Crippen molar-refractivity contribution < 1.29 is 0 Å². The smallest absolute Gasteiger partial charge is 0.0124 e. The molecular weight excluding hydrogens is 314 g/mol. The molecule has 0 amide bonds. The largest absolute Gasteiger partial charge is 0.303 e. The SMILES string of the molecule is CCCc1ccc(CC2CCCC2N(C)CCC2CC3CC23)cc1CC. The molecule has 144 valence electrons. The van der Waals surface area contributed by atoms with Gasteiger partial charge in [0.1, 0.15) is 0 Å². The molecular formula is C25H39N. The monoisotopic (exact) mass is 353 g/mol. The summed E-state index contributed by atoms with van der Waals surface area (Å²) in [6.07, 6.45) is 13.8. The van der Waals surface area contributed by atoms with Crippen LogP contribution in [0.3, 0.4) is 0 Å². The molecule has 1 aromatic carbocycles. The first kappa shape index (κ1) is 18.5. The van der Waals surface area contributed by atoms with E-state index in [9.17, 15) is 0 Å². The minimum absolute atomic E-state index is 0.825. The van der Waals surface area contributed by atoms with Gasteiger partial charge in [0.15, 0.2) is 0 Å². The van der Waals surface area contributed by atoms with Crippen LogP contribution in [-0.2, 0) is 19.3 Å². The minimum atomic E-state index is 0.825. The maximum Gasteiger partial charge on any atom is 0.0124 e. The summed E-state index contributed by atoms with van der Waals surface area (Å²) >= 11 is 0. The van der Waals surface area contributed by atoms with E-state index in [0.29, 0.717) is 0 Å². The summed E-state index contributed by atoms with van der Waals surface area (Å²) in [4.78, 5) is 2.74. The lowest BCUT2D eigenvalue weighted by Gasteiger charge is -2.33. The zero-order chi connectivity index (χ0) is 18.1. The lowest BCUT2D eigenvalue weighted by Crippen LogP contribution is -2.37. The first-order valence-electron chi connectivity index (χ1n) is 11.5. The van der Waals surface area contributed by atoms with Gasteiger partial charge < -0.3 is 4.90 Å². The molecule has 1 nitrogen and oxygen atoms in total. The molecule has 0 aromatic heterocycles. The Kier molecular flexibility index (Phi) is 5.74. The molecule has 1 heteroatoms. The highest BCUT2D eigenvalue weighted by atomic mass is 15.1. The molecule has 5 unspecified atom stereocenters. The van der Waals surface area contributed by atoms with Crippen molar-refractivity contribution in [1.82, 2.24) is 4.90 Å². The second-order valence-corrected chi connectivity index (χ2v) is 9.59. The van der Waals surface area contributed by atoms with Crippen molar-refractivity contribution >= 4 is 0 Å². The van der Waals surface area contributed by atoms with Crippen molar-refractivity contribution in [1.29, 1.82) is 0 Å². The van der Waals surface area contributed by atoms with Gasteiger partial charge in [0.2, 0.25) is 0 Å². The molecule has 0 saturated heterocycles. The van der Waals surface area contributed by atoms with Crippen molar-refractivity contribution in [3.05, 3.63) is 34.9 Å². The average molecular weight is 354 g/mol. The van der Waals surface area contributed by atoms with E-state index < -0.39 is 0 Å². The van der Waals surface area contributed by atoms with Crippen molar-refractivity contribution in [2.24, 2.45) is 23.7 Å². The van der Waals surface area contributed by atoms with Crippen molar-refractivity contribution in [2.45, 2.75) is 84.1 Å². The van der Waals surface area contributed by atoms with Crippen LogP contribution in [0.2, 0.25) is 0 Å². The highest BCUT2D eigenvalue weighted by Gasteiger charge is 2.52. The van der Waals surface area contributed by atoms with Crippen LogP contribution in [0.15, 0.2) is 18.2 Å². The molecule has 3 aliphatic carbocycles. The van der Waals surface area contributed by atoms with Gasteiger partial charge in [-0.3, -0.25) is 0 Å². The number of nitrogens with zero attached hydrogens (tertiary/aromatic N) is 1. The first-order chi connectivity index (χ1) is 12.7. The van der Waals surface area contributed by atoms with Gasteiger partial charge in [0, 0.05) is 6.04 Å². The van der Waals surface area contributed by atoms with Crippen molar-refractivity contribution in [3.8, 4) is 0 Å². The molecule has 0 radical (unpaired) electrons. The van der Waals surface area contributed by atoms with E-state index in [-0.39, 0.29) is 0 Å². The number of benzene rings is 1. The van der Waals surface area contributed by atoms with E-state index in [0.717, 1.165) is 29.7 Å². The van der Waals surface area contributed by atoms with E-state index in [1.165, 1.54) is 57.9 Å². The molecule has 0 bridgehead atoms. The maximum absolute atomic E-state index is 2.74. The van der Waals surface area contributed by atoms with Gasteiger partial charge in [-0.15, -0.1) is 0 Å². The lowest BCUT2D eigenvalue weighted by atomic mass is 9.82. The Bertz CT molecular complexity index is 606. The van der Waals surface area contributed by atoms with Crippen LogP contribution in [0.4, 0.5) is 0 Å². The third-order valence-corrected chi connectivity index (χ3v) is 7.89. The van der Waals surface area contributed by atoms with E-state index in [1.54, 1.807) is 29.5 Å². The number of rotatable bonds is 9. The molecule has 0 heterocycles. The van der Waals surface area contributed by atoms with Gasteiger partial charge in [-0.1, -0.05) is 44.9 Å². The molecule has 1 aromatic rings. The Balaban J connectivity index is 1.33. The summed E-state index contributed by atoms with van der Waals surface area (Å²) in [5.74, 6) is 4.27. The summed E-state index contributed by atoms with van der Waals surface area (Å²) in [6, 6.07) is 8.21. The van der Waals surface area contributed by atoms with Gasteiger partial charge in [0.05, 0.1) is 0 Å². The predicted octanol–water partition coefficient (Wildman–Crippen LogP) is 5.89. The lowest BCUT2D eigenvalue weighted by molar-refractivity contribution is 0.162. The van der Waals surface area contributed by atoms with E-state index in [1.807, 2.05) is 0 Å². The van der Waals surface area contributed by atoms with E-state index in [2.05, 4.69) is 44.0 Å². The van der Waals surface area contributed by atoms with Crippen LogP contribution >= 0.6 is 0 Å². The highest BCUT2D eigenvalue weighted by Crippen LogP contribution is 2.60. The van der Waals surface area contributed by atoms with Crippen molar-refractivity contribution in [3.63, 3.8) is 0 Å². The van der Waals surface area contributed by atoms with Gasteiger partial charge in [-0.2, -0.15) is 0 Å². The molecule has 0 N–H and O–H groups in total. The maximum atomic E-state index is 2.74. The van der Waals surface area contributed by atoms with E-state index >= 15 is 0 Å². The average Bonchev–Trinajstić information content (AvgIpc) is 3.07. The highest BCUT2D eigenvalue weighted by molar-refractivity contribution is 5.32. The molecule has 3 saturated carbocycles. The molecule has 0 spiro atoms. The first-order valence-corrected chi connectivity index (χ1v) is 11.5. The zero-order valence-electron chi connectivity index (χ0n) is 17.3. The van der Waals surface area contributed by atoms with Crippen molar-refractivity contribution in [2.75, 3.05) is 13.6 Å². The minimum Gasteiger partial charge on any atom is -0.303 e. The Morgan fingerprint density at radius 3 is 2.62 bits per heavy atom. The van der Waals surface area contributed by atoms with E-state index in [4.69, 9.17) is 0 Å². The topological polar surface area (TPSA) is 3.24 Å². The fourth-order valence-corrected chi connectivity index (χ4v) is 6.14. The Labute approximate surface area is 161 Å². The van der Waals surface area contributed by atoms with Crippen LogP contribution in [0.25, 0.3) is 0 Å². The third-order valence-electron chi connectivity index (χ3n) is 7.89. The van der Waals surface area contributed by atoms with Gasteiger partial charge >= 0.3 is 0 Å². The van der Waals surface area contributed by atoms with Gasteiger partial charge in [-0.25, -0.2) is 0 Å². The van der Waals surface area contributed by atoms with Gasteiger partial charge in [-0.05, 0) is 105 Å². The molecule has 3 fully saturated rings. The Morgan fingerprint density at radius 2 is 1.92 bits per heavy atom. The molecule has 0 aliphatic heterocycles. The molecule has 5 atom stereocenters. The normalized spacial score (nSPS) is 32.5. The van der Waals surface area contributed by atoms with Crippen LogP contribution in [0.1, 0.15) is 75.5 Å². The second kappa shape index (κ2) is 8.05. The summed E-state index contributed by atoms with van der Waals surface area (Å²) in [5, 5.41) is 0. The number of aryl methyl sites for hydroxylation is 2. The molecule has 26 heavy (non-hydrogen) atoms. The van der Waals surface area contributed by atoms with Crippen LogP contribution in [-0.4, -0.2) is 24.5 Å². The quantitative estimate of drug-likeness (QED) is 0.535.